The molecule has 1 fully saturated rings. The molecule has 8 nitrogen and oxygen atoms in total. The minimum atomic E-state index is -0.431. The van der Waals surface area contributed by atoms with E-state index in [9.17, 15) is 14.4 Å². The highest BCUT2D eigenvalue weighted by atomic mass is 16.2. The highest BCUT2D eigenvalue weighted by molar-refractivity contribution is 5.79. The van der Waals surface area contributed by atoms with E-state index in [1.54, 1.807) is 11.9 Å². The SMILES string of the molecule is Cn1c(=O)c2c(ncn2CC(=O)N2CCCC2)n(C)c1=O. The van der Waals surface area contributed by atoms with Crippen LogP contribution in [0.1, 0.15) is 12.8 Å². The Hall–Kier alpha value is -2.38. The van der Waals surface area contributed by atoms with Crippen LogP contribution in [0.4, 0.5) is 0 Å². The molecule has 0 atom stereocenters. The minimum absolute atomic E-state index is 0.0253. The van der Waals surface area contributed by atoms with Gasteiger partial charge in [-0.1, -0.05) is 0 Å². The first-order valence-electron chi connectivity index (χ1n) is 6.89. The maximum Gasteiger partial charge on any atom is 0.332 e. The molecule has 2 aromatic rings. The van der Waals surface area contributed by atoms with Gasteiger partial charge in [0.2, 0.25) is 5.91 Å². The lowest BCUT2D eigenvalue weighted by Gasteiger charge is -2.15. The van der Waals surface area contributed by atoms with Gasteiger partial charge in [-0.15, -0.1) is 0 Å². The monoisotopic (exact) mass is 291 g/mol. The first kappa shape index (κ1) is 13.6. The molecule has 3 rings (SSSR count). The quantitative estimate of drug-likeness (QED) is 0.715. The van der Waals surface area contributed by atoms with Crippen LogP contribution < -0.4 is 11.2 Å². The molecular weight excluding hydrogens is 274 g/mol. The molecule has 1 saturated heterocycles. The number of aryl methyl sites for hydroxylation is 1. The number of likely N-dealkylation sites (tertiary alicyclic amines) is 1. The molecule has 2 aromatic heterocycles. The summed E-state index contributed by atoms with van der Waals surface area (Å²) in [7, 11) is 2.98. The Labute approximate surface area is 120 Å². The van der Waals surface area contributed by atoms with Crippen molar-refractivity contribution in [3.8, 4) is 0 Å². The summed E-state index contributed by atoms with van der Waals surface area (Å²) < 4.78 is 3.87. The highest BCUT2D eigenvalue weighted by Crippen LogP contribution is 2.10. The predicted octanol–water partition coefficient (Wildman–Crippen LogP) is -0.944. The molecule has 0 aliphatic carbocycles. The standard InChI is InChI=1S/C13H17N5O3/c1-15-11-10(12(20)16(2)13(15)21)18(8-14-11)7-9(19)17-5-3-4-6-17/h8H,3-7H2,1-2H3. The van der Waals surface area contributed by atoms with Crippen molar-refractivity contribution in [1.29, 1.82) is 0 Å². The van der Waals surface area contributed by atoms with E-state index in [1.807, 2.05) is 0 Å². The van der Waals surface area contributed by atoms with E-state index in [4.69, 9.17) is 0 Å². The Morgan fingerprint density at radius 2 is 1.86 bits per heavy atom. The van der Waals surface area contributed by atoms with Gasteiger partial charge in [-0.2, -0.15) is 0 Å². The molecule has 0 N–H and O–H groups in total. The van der Waals surface area contributed by atoms with E-state index in [0.29, 0.717) is 5.65 Å². The molecule has 112 valence electrons. The summed E-state index contributed by atoms with van der Waals surface area (Å²) in [6, 6.07) is 0. The van der Waals surface area contributed by atoms with E-state index in [2.05, 4.69) is 4.98 Å². The molecule has 21 heavy (non-hydrogen) atoms. The summed E-state index contributed by atoms with van der Waals surface area (Å²) in [5.41, 5.74) is -0.270. The van der Waals surface area contributed by atoms with Gasteiger partial charge in [0.1, 0.15) is 6.54 Å². The zero-order valence-corrected chi connectivity index (χ0v) is 12.1. The van der Waals surface area contributed by atoms with E-state index in [1.165, 1.54) is 22.5 Å². The van der Waals surface area contributed by atoms with Crippen LogP contribution in [0, 0.1) is 0 Å². The van der Waals surface area contributed by atoms with Gasteiger partial charge in [0.05, 0.1) is 6.33 Å². The normalized spacial score (nSPS) is 15.0. The lowest BCUT2D eigenvalue weighted by molar-refractivity contribution is -0.130. The fourth-order valence-electron chi connectivity index (χ4n) is 2.73. The van der Waals surface area contributed by atoms with Crippen molar-refractivity contribution in [3.05, 3.63) is 27.2 Å². The molecule has 0 spiro atoms. The summed E-state index contributed by atoms with van der Waals surface area (Å²) in [6.07, 6.45) is 3.48. The Bertz CT molecular complexity index is 823. The molecule has 1 amide bonds. The molecule has 0 radical (unpaired) electrons. The van der Waals surface area contributed by atoms with E-state index in [-0.39, 0.29) is 18.0 Å². The lowest BCUT2D eigenvalue weighted by Crippen LogP contribution is -2.38. The average molecular weight is 291 g/mol. The van der Waals surface area contributed by atoms with Crippen LogP contribution in [0.15, 0.2) is 15.9 Å². The second-order valence-corrected chi connectivity index (χ2v) is 5.34. The molecule has 8 heteroatoms. The zero-order valence-electron chi connectivity index (χ0n) is 12.1. The van der Waals surface area contributed by atoms with Crippen LogP contribution in [0.3, 0.4) is 0 Å². The molecule has 0 aromatic carbocycles. The van der Waals surface area contributed by atoms with Gasteiger partial charge in [0, 0.05) is 27.2 Å². The van der Waals surface area contributed by atoms with Gasteiger partial charge in [-0.05, 0) is 12.8 Å². The van der Waals surface area contributed by atoms with Crippen LogP contribution in [0.2, 0.25) is 0 Å². The number of nitrogens with zero attached hydrogens (tertiary/aromatic N) is 5. The summed E-state index contributed by atoms with van der Waals surface area (Å²) in [6.45, 7) is 1.61. The predicted molar refractivity (Wildman–Crippen MR) is 76.0 cm³/mol. The Morgan fingerprint density at radius 3 is 2.52 bits per heavy atom. The van der Waals surface area contributed by atoms with Crippen molar-refractivity contribution in [1.82, 2.24) is 23.6 Å². The van der Waals surface area contributed by atoms with E-state index >= 15 is 0 Å². The minimum Gasteiger partial charge on any atom is -0.341 e. The van der Waals surface area contributed by atoms with Crippen LogP contribution in [-0.4, -0.2) is 42.6 Å². The first-order chi connectivity index (χ1) is 10.0. The fourth-order valence-corrected chi connectivity index (χ4v) is 2.73. The number of carbonyl (C=O) groups is 1. The van der Waals surface area contributed by atoms with Crippen LogP contribution in [-0.2, 0) is 25.4 Å². The number of hydrogen-bond donors (Lipinski definition) is 0. The first-order valence-corrected chi connectivity index (χ1v) is 6.89. The third kappa shape index (κ3) is 2.07. The van der Waals surface area contributed by atoms with Crippen LogP contribution in [0.5, 0.6) is 0 Å². The summed E-state index contributed by atoms with van der Waals surface area (Å²) in [5.74, 6) is -0.0253. The van der Waals surface area contributed by atoms with Crippen LogP contribution >= 0.6 is 0 Å². The van der Waals surface area contributed by atoms with Crippen LogP contribution in [0.25, 0.3) is 11.2 Å². The third-order valence-electron chi connectivity index (χ3n) is 3.98. The van der Waals surface area contributed by atoms with Gasteiger partial charge >= 0.3 is 5.69 Å². The Morgan fingerprint density at radius 1 is 1.19 bits per heavy atom. The van der Waals surface area contributed by atoms with Crippen molar-refractivity contribution in [2.24, 2.45) is 14.1 Å². The van der Waals surface area contributed by atoms with Crippen molar-refractivity contribution < 1.29 is 4.79 Å². The molecule has 3 heterocycles. The molecule has 0 saturated carbocycles. The second-order valence-electron chi connectivity index (χ2n) is 5.34. The summed E-state index contributed by atoms with van der Waals surface area (Å²) in [4.78, 5) is 42.2. The summed E-state index contributed by atoms with van der Waals surface area (Å²) in [5, 5.41) is 0. The van der Waals surface area contributed by atoms with Crippen molar-refractivity contribution in [3.63, 3.8) is 0 Å². The second kappa shape index (κ2) is 4.87. The maximum absolute atomic E-state index is 12.2. The molecule has 1 aliphatic rings. The van der Waals surface area contributed by atoms with Gasteiger partial charge < -0.3 is 9.47 Å². The van der Waals surface area contributed by atoms with Crippen molar-refractivity contribution in [2.75, 3.05) is 13.1 Å². The van der Waals surface area contributed by atoms with Gasteiger partial charge in [0.25, 0.3) is 5.56 Å². The van der Waals surface area contributed by atoms with Gasteiger partial charge in [-0.3, -0.25) is 18.7 Å². The number of aromatic nitrogens is 4. The highest BCUT2D eigenvalue weighted by Gasteiger charge is 2.20. The fraction of sp³-hybridized carbons (Fsp3) is 0.538. The third-order valence-corrected chi connectivity index (χ3v) is 3.98. The molecule has 0 bridgehead atoms. The number of rotatable bonds is 2. The number of fused-ring (bicyclic) bond motifs is 1. The number of hydrogen-bond acceptors (Lipinski definition) is 4. The molecule has 1 aliphatic heterocycles. The van der Waals surface area contributed by atoms with Crippen molar-refractivity contribution >= 4 is 17.1 Å². The Kier molecular flexibility index (Phi) is 3.15. The topological polar surface area (TPSA) is 82.1 Å². The Balaban J connectivity index is 2.06. The molecule has 0 unspecified atom stereocenters. The number of amides is 1. The van der Waals surface area contributed by atoms with Crippen molar-refractivity contribution in [2.45, 2.75) is 19.4 Å². The zero-order chi connectivity index (χ0) is 15.1. The van der Waals surface area contributed by atoms with E-state index in [0.717, 1.165) is 30.5 Å². The summed E-state index contributed by atoms with van der Waals surface area (Å²) >= 11 is 0. The van der Waals surface area contributed by atoms with Gasteiger partial charge in [0.15, 0.2) is 11.2 Å². The lowest BCUT2D eigenvalue weighted by atomic mass is 10.4. The average Bonchev–Trinajstić information content (AvgIpc) is 3.12. The smallest absolute Gasteiger partial charge is 0.332 e. The number of carbonyl (C=O) groups excluding carboxylic acids is 1. The number of imidazole rings is 1. The molecular formula is C13H17N5O3. The van der Waals surface area contributed by atoms with Gasteiger partial charge in [-0.25, -0.2) is 9.78 Å². The van der Waals surface area contributed by atoms with E-state index < -0.39 is 11.2 Å². The maximum atomic E-state index is 12.2. The largest absolute Gasteiger partial charge is 0.341 e.